The van der Waals surface area contributed by atoms with Gasteiger partial charge < -0.3 is 5.32 Å². The van der Waals surface area contributed by atoms with Crippen LogP contribution in [0.1, 0.15) is 16.7 Å². The summed E-state index contributed by atoms with van der Waals surface area (Å²) in [5.74, 6) is 0.0721. The van der Waals surface area contributed by atoms with Gasteiger partial charge in [0, 0.05) is 10.7 Å². The second kappa shape index (κ2) is 7.88. The molecule has 0 bridgehead atoms. The van der Waals surface area contributed by atoms with Crippen molar-refractivity contribution in [3.05, 3.63) is 58.1 Å². The van der Waals surface area contributed by atoms with Gasteiger partial charge in [0.25, 0.3) is 0 Å². The molecule has 0 aliphatic rings. The topological polar surface area (TPSA) is 72.7 Å². The van der Waals surface area contributed by atoms with Gasteiger partial charge in [-0.05, 0) is 78.2 Å². The summed E-state index contributed by atoms with van der Waals surface area (Å²) < 4.78 is 1.64. The zero-order chi connectivity index (χ0) is 18.7. The Morgan fingerprint density at radius 3 is 2.65 bits per heavy atom. The van der Waals surface area contributed by atoms with E-state index in [1.165, 1.54) is 17.3 Å². The summed E-state index contributed by atoms with van der Waals surface area (Å²) in [6.45, 7) is 5.99. The van der Waals surface area contributed by atoms with Gasteiger partial charge in [0.2, 0.25) is 11.1 Å². The summed E-state index contributed by atoms with van der Waals surface area (Å²) in [6, 6.07) is 11.4. The number of benzene rings is 2. The van der Waals surface area contributed by atoms with Crippen molar-refractivity contribution in [2.75, 3.05) is 11.1 Å². The summed E-state index contributed by atoms with van der Waals surface area (Å²) in [5, 5.41) is 15.9. The minimum absolute atomic E-state index is 0.130. The van der Waals surface area contributed by atoms with E-state index in [0.29, 0.717) is 10.2 Å². The monoisotopic (exact) mass is 387 g/mol. The third-order valence-electron chi connectivity index (χ3n) is 3.97. The second-order valence-electron chi connectivity index (χ2n) is 5.94. The number of aryl methyl sites for hydroxylation is 3. The molecule has 134 valence electrons. The molecule has 1 aromatic heterocycles. The number of halogens is 1. The van der Waals surface area contributed by atoms with E-state index in [-0.39, 0.29) is 11.7 Å². The molecule has 8 heteroatoms. The molecule has 0 atom stereocenters. The van der Waals surface area contributed by atoms with Gasteiger partial charge in [0.05, 0.1) is 11.4 Å². The average Bonchev–Trinajstić information content (AvgIpc) is 3.06. The van der Waals surface area contributed by atoms with Gasteiger partial charge in [-0.15, -0.1) is 5.10 Å². The van der Waals surface area contributed by atoms with E-state index in [0.717, 1.165) is 22.5 Å². The number of nitrogens with one attached hydrogen (secondary N) is 1. The molecule has 26 heavy (non-hydrogen) atoms. The molecule has 0 fully saturated rings. The molecule has 1 amide bonds. The Bertz CT molecular complexity index is 957. The lowest BCUT2D eigenvalue weighted by Crippen LogP contribution is -2.15. The SMILES string of the molecule is Cc1ccc(-n2nnnc2SCC(=O)Nc2ccc(Cl)cc2C)cc1C. The average molecular weight is 388 g/mol. The number of hydrogen-bond acceptors (Lipinski definition) is 5. The van der Waals surface area contributed by atoms with Gasteiger partial charge in [-0.2, -0.15) is 4.68 Å². The number of hydrogen-bond donors (Lipinski definition) is 1. The van der Waals surface area contributed by atoms with Crippen molar-refractivity contribution in [3.8, 4) is 5.69 Å². The van der Waals surface area contributed by atoms with Gasteiger partial charge >= 0.3 is 0 Å². The van der Waals surface area contributed by atoms with Crippen LogP contribution in [0, 0.1) is 20.8 Å². The van der Waals surface area contributed by atoms with Crippen LogP contribution in [0.5, 0.6) is 0 Å². The molecule has 1 heterocycles. The molecule has 0 radical (unpaired) electrons. The molecule has 6 nitrogen and oxygen atoms in total. The largest absolute Gasteiger partial charge is 0.325 e. The molecule has 0 aliphatic heterocycles. The first-order valence-corrected chi connectivity index (χ1v) is 9.35. The van der Waals surface area contributed by atoms with Crippen molar-refractivity contribution in [1.82, 2.24) is 20.2 Å². The summed E-state index contributed by atoms with van der Waals surface area (Å²) in [5.41, 5.74) is 4.89. The number of anilines is 1. The Hall–Kier alpha value is -2.38. The van der Waals surface area contributed by atoms with Crippen molar-refractivity contribution in [2.24, 2.45) is 0 Å². The second-order valence-corrected chi connectivity index (χ2v) is 7.32. The Morgan fingerprint density at radius 2 is 1.92 bits per heavy atom. The van der Waals surface area contributed by atoms with Crippen LogP contribution in [-0.2, 0) is 4.79 Å². The van der Waals surface area contributed by atoms with Crippen molar-refractivity contribution in [1.29, 1.82) is 0 Å². The number of thioether (sulfide) groups is 1. The Labute approximate surface area is 160 Å². The minimum Gasteiger partial charge on any atom is -0.325 e. The number of carbonyl (C=O) groups is 1. The first kappa shape index (κ1) is 18.4. The van der Waals surface area contributed by atoms with E-state index in [4.69, 9.17) is 11.6 Å². The number of amides is 1. The van der Waals surface area contributed by atoms with Crippen molar-refractivity contribution in [2.45, 2.75) is 25.9 Å². The number of aromatic nitrogens is 4. The molecule has 0 saturated carbocycles. The summed E-state index contributed by atoms with van der Waals surface area (Å²) in [7, 11) is 0. The highest BCUT2D eigenvalue weighted by atomic mass is 35.5. The Morgan fingerprint density at radius 1 is 1.12 bits per heavy atom. The van der Waals surface area contributed by atoms with Crippen molar-refractivity contribution < 1.29 is 4.79 Å². The van der Waals surface area contributed by atoms with Gasteiger partial charge in [-0.25, -0.2) is 0 Å². The molecule has 0 aliphatic carbocycles. The summed E-state index contributed by atoms with van der Waals surface area (Å²) in [4.78, 5) is 12.2. The number of rotatable bonds is 5. The fourth-order valence-electron chi connectivity index (χ4n) is 2.37. The van der Waals surface area contributed by atoms with Gasteiger partial charge in [0.15, 0.2) is 0 Å². The third kappa shape index (κ3) is 4.23. The Kier molecular flexibility index (Phi) is 5.58. The predicted octanol–water partition coefficient (Wildman–Crippen LogP) is 3.97. The maximum atomic E-state index is 12.2. The van der Waals surface area contributed by atoms with Crippen LogP contribution in [0.15, 0.2) is 41.6 Å². The first-order chi connectivity index (χ1) is 12.4. The molecule has 0 unspecified atom stereocenters. The van der Waals surface area contributed by atoms with Crippen LogP contribution in [0.3, 0.4) is 0 Å². The van der Waals surface area contributed by atoms with E-state index in [2.05, 4.69) is 27.8 Å². The normalized spacial score (nSPS) is 10.8. The van der Waals surface area contributed by atoms with E-state index >= 15 is 0 Å². The maximum Gasteiger partial charge on any atom is 0.234 e. The standard InChI is InChI=1S/C18H18ClN5OS/c1-11-4-6-15(9-12(11)2)24-18(21-22-23-24)26-10-17(25)20-16-7-5-14(19)8-13(16)3/h4-9H,10H2,1-3H3,(H,20,25). The number of carbonyl (C=O) groups excluding carboxylic acids is 1. The lowest BCUT2D eigenvalue weighted by Gasteiger charge is -2.09. The molecule has 3 rings (SSSR count). The van der Waals surface area contributed by atoms with Crippen LogP contribution >= 0.6 is 23.4 Å². The quantitative estimate of drug-likeness (QED) is 0.670. The maximum absolute atomic E-state index is 12.2. The highest BCUT2D eigenvalue weighted by Crippen LogP contribution is 2.22. The minimum atomic E-state index is -0.130. The lowest BCUT2D eigenvalue weighted by atomic mass is 10.1. The van der Waals surface area contributed by atoms with Crippen LogP contribution in [0.2, 0.25) is 5.02 Å². The van der Waals surface area contributed by atoms with Gasteiger partial charge in [0.1, 0.15) is 0 Å². The zero-order valence-electron chi connectivity index (χ0n) is 14.7. The molecular weight excluding hydrogens is 370 g/mol. The summed E-state index contributed by atoms with van der Waals surface area (Å²) in [6.07, 6.45) is 0. The highest BCUT2D eigenvalue weighted by Gasteiger charge is 2.13. The van der Waals surface area contributed by atoms with Crippen LogP contribution in [-0.4, -0.2) is 31.9 Å². The van der Waals surface area contributed by atoms with Crippen LogP contribution in [0.4, 0.5) is 5.69 Å². The molecule has 2 aromatic carbocycles. The number of nitrogens with zero attached hydrogens (tertiary/aromatic N) is 4. The third-order valence-corrected chi connectivity index (χ3v) is 5.13. The van der Waals surface area contributed by atoms with Crippen molar-refractivity contribution >= 4 is 35.0 Å². The van der Waals surface area contributed by atoms with Gasteiger partial charge in [-0.3, -0.25) is 4.79 Å². The Balaban J connectivity index is 1.68. The smallest absolute Gasteiger partial charge is 0.234 e. The first-order valence-electron chi connectivity index (χ1n) is 7.99. The van der Waals surface area contributed by atoms with E-state index in [1.807, 2.05) is 38.1 Å². The molecule has 0 saturated heterocycles. The molecule has 3 aromatic rings. The molecule has 0 spiro atoms. The van der Waals surface area contributed by atoms with Crippen LogP contribution < -0.4 is 5.32 Å². The summed E-state index contributed by atoms with van der Waals surface area (Å²) >= 11 is 7.22. The fraction of sp³-hybridized carbons (Fsp3) is 0.222. The fourth-order valence-corrected chi connectivity index (χ4v) is 3.29. The van der Waals surface area contributed by atoms with Gasteiger partial charge in [-0.1, -0.05) is 29.4 Å². The van der Waals surface area contributed by atoms with Crippen molar-refractivity contribution in [3.63, 3.8) is 0 Å². The van der Waals surface area contributed by atoms with E-state index in [9.17, 15) is 4.79 Å². The molecule has 1 N–H and O–H groups in total. The zero-order valence-corrected chi connectivity index (χ0v) is 16.2. The van der Waals surface area contributed by atoms with Crippen LogP contribution in [0.25, 0.3) is 5.69 Å². The van der Waals surface area contributed by atoms with E-state index in [1.54, 1.807) is 16.8 Å². The highest BCUT2D eigenvalue weighted by molar-refractivity contribution is 7.99. The lowest BCUT2D eigenvalue weighted by molar-refractivity contribution is -0.113. The van der Waals surface area contributed by atoms with E-state index < -0.39 is 0 Å². The predicted molar refractivity (Wildman–Crippen MR) is 104 cm³/mol. The molecular formula is C18H18ClN5OS. The number of tetrazole rings is 1.